The number of hydrogen-bond donors (Lipinski definition) is 2. The van der Waals surface area contributed by atoms with Gasteiger partial charge in [-0.3, -0.25) is 14.7 Å². The van der Waals surface area contributed by atoms with Crippen LogP contribution < -0.4 is 11.1 Å². The SMILES string of the molecule is Nc1ncc(-c2ccc([C@H]3CCCN(CC(=O)Nc4ccccc4F)C3)nc2)cn1. The van der Waals surface area contributed by atoms with Crippen molar-refractivity contribution in [3.05, 3.63) is 66.5 Å². The number of rotatable bonds is 5. The lowest BCUT2D eigenvalue weighted by Crippen LogP contribution is -2.40. The van der Waals surface area contributed by atoms with Crippen LogP contribution in [0.2, 0.25) is 0 Å². The lowest BCUT2D eigenvalue weighted by atomic mass is 9.94. The van der Waals surface area contributed by atoms with Gasteiger partial charge in [0.05, 0.1) is 12.2 Å². The molecule has 3 N–H and O–H groups in total. The van der Waals surface area contributed by atoms with Crippen molar-refractivity contribution in [2.24, 2.45) is 0 Å². The maximum atomic E-state index is 13.7. The van der Waals surface area contributed by atoms with Gasteiger partial charge in [-0.05, 0) is 37.6 Å². The molecule has 1 saturated heterocycles. The molecule has 1 aliphatic rings. The highest BCUT2D eigenvalue weighted by Gasteiger charge is 2.24. The van der Waals surface area contributed by atoms with Gasteiger partial charge >= 0.3 is 0 Å². The first-order valence-corrected chi connectivity index (χ1v) is 9.89. The fraction of sp³-hybridized carbons (Fsp3) is 0.273. The summed E-state index contributed by atoms with van der Waals surface area (Å²) in [6.07, 6.45) is 7.16. The Morgan fingerprint density at radius 1 is 1.10 bits per heavy atom. The molecular formula is C22H23FN6O. The highest BCUT2D eigenvalue weighted by atomic mass is 19.1. The van der Waals surface area contributed by atoms with Crippen LogP contribution in [0.5, 0.6) is 0 Å². The number of aromatic nitrogens is 3. The molecule has 1 aliphatic heterocycles. The summed E-state index contributed by atoms with van der Waals surface area (Å²) in [6, 6.07) is 10.2. The highest BCUT2D eigenvalue weighted by Crippen LogP contribution is 2.27. The Balaban J connectivity index is 1.37. The molecular weight excluding hydrogens is 383 g/mol. The number of nitrogen functional groups attached to an aromatic ring is 1. The predicted molar refractivity (Wildman–Crippen MR) is 113 cm³/mol. The number of nitrogens with two attached hydrogens (primary N) is 1. The van der Waals surface area contributed by atoms with E-state index >= 15 is 0 Å². The van der Waals surface area contributed by atoms with Gasteiger partial charge in [-0.15, -0.1) is 0 Å². The number of likely N-dealkylation sites (tertiary alicyclic amines) is 1. The summed E-state index contributed by atoms with van der Waals surface area (Å²) in [7, 11) is 0. The number of halogens is 1. The van der Waals surface area contributed by atoms with Crippen molar-refractivity contribution in [1.82, 2.24) is 19.9 Å². The molecule has 0 radical (unpaired) electrons. The average molecular weight is 406 g/mol. The smallest absolute Gasteiger partial charge is 0.238 e. The van der Waals surface area contributed by atoms with Crippen LogP contribution in [-0.2, 0) is 4.79 Å². The van der Waals surface area contributed by atoms with E-state index in [0.717, 1.165) is 42.8 Å². The third-order valence-corrected chi connectivity index (χ3v) is 5.23. The van der Waals surface area contributed by atoms with E-state index < -0.39 is 5.82 Å². The zero-order valence-electron chi connectivity index (χ0n) is 16.5. The van der Waals surface area contributed by atoms with E-state index in [1.807, 2.05) is 18.3 Å². The van der Waals surface area contributed by atoms with E-state index in [1.165, 1.54) is 6.07 Å². The Morgan fingerprint density at radius 3 is 2.60 bits per heavy atom. The third-order valence-electron chi connectivity index (χ3n) is 5.23. The van der Waals surface area contributed by atoms with Gasteiger partial charge in [0.25, 0.3) is 0 Å². The van der Waals surface area contributed by atoms with Crippen LogP contribution >= 0.6 is 0 Å². The minimum atomic E-state index is -0.432. The molecule has 0 saturated carbocycles. The second-order valence-electron chi connectivity index (χ2n) is 7.40. The molecule has 154 valence electrons. The van der Waals surface area contributed by atoms with Crippen molar-refractivity contribution in [3.8, 4) is 11.1 Å². The molecule has 1 amide bonds. The molecule has 2 aromatic heterocycles. The molecule has 7 nitrogen and oxygen atoms in total. The number of carbonyl (C=O) groups is 1. The Labute approximate surface area is 174 Å². The number of anilines is 2. The summed E-state index contributed by atoms with van der Waals surface area (Å²) in [5, 5.41) is 2.65. The second kappa shape index (κ2) is 8.96. The topological polar surface area (TPSA) is 97.0 Å². The fourth-order valence-corrected chi connectivity index (χ4v) is 3.70. The first-order valence-electron chi connectivity index (χ1n) is 9.89. The maximum Gasteiger partial charge on any atom is 0.238 e. The minimum Gasteiger partial charge on any atom is -0.368 e. The standard InChI is InChI=1S/C22H23FN6O/c23-18-5-1-2-6-20(18)28-21(30)14-29-9-3-4-16(13-29)19-8-7-15(10-25-19)17-11-26-22(24)27-12-17/h1-2,5-8,10-12,16H,3-4,9,13-14H2,(H,28,30)(H2,24,26,27)/t16-/m0/s1. The van der Waals surface area contributed by atoms with Gasteiger partial charge < -0.3 is 11.1 Å². The van der Waals surface area contributed by atoms with Gasteiger partial charge in [-0.2, -0.15) is 0 Å². The lowest BCUT2D eigenvalue weighted by molar-refractivity contribution is -0.117. The largest absolute Gasteiger partial charge is 0.368 e. The van der Waals surface area contributed by atoms with Gasteiger partial charge in [-0.25, -0.2) is 14.4 Å². The first-order chi connectivity index (χ1) is 14.6. The van der Waals surface area contributed by atoms with Gasteiger partial charge in [0.1, 0.15) is 5.82 Å². The van der Waals surface area contributed by atoms with Crippen LogP contribution in [0.4, 0.5) is 16.0 Å². The molecule has 4 rings (SSSR count). The molecule has 0 unspecified atom stereocenters. The summed E-state index contributed by atoms with van der Waals surface area (Å²) >= 11 is 0. The zero-order chi connectivity index (χ0) is 20.9. The van der Waals surface area contributed by atoms with E-state index in [-0.39, 0.29) is 30.0 Å². The molecule has 3 aromatic rings. The highest BCUT2D eigenvalue weighted by molar-refractivity contribution is 5.92. The Bertz CT molecular complexity index is 1010. The first kappa shape index (κ1) is 19.9. The lowest BCUT2D eigenvalue weighted by Gasteiger charge is -2.32. The van der Waals surface area contributed by atoms with Crippen LogP contribution in [0.25, 0.3) is 11.1 Å². The second-order valence-corrected chi connectivity index (χ2v) is 7.40. The van der Waals surface area contributed by atoms with Crippen LogP contribution in [0.3, 0.4) is 0 Å². The van der Waals surface area contributed by atoms with Crippen molar-refractivity contribution in [2.75, 3.05) is 30.7 Å². The molecule has 30 heavy (non-hydrogen) atoms. The Morgan fingerprint density at radius 2 is 1.87 bits per heavy atom. The number of para-hydroxylation sites is 1. The van der Waals surface area contributed by atoms with Crippen LogP contribution in [0, 0.1) is 5.82 Å². The molecule has 3 heterocycles. The molecule has 1 atom stereocenters. The van der Waals surface area contributed by atoms with E-state index in [0.29, 0.717) is 0 Å². The van der Waals surface area contributed by atoms with E-state index in [1.54, 1.807) is 30.6 Å². The van der Waals surface area contributed by atoms with Gasteiger partial charge in [0.15, 0.2) is 0 Å². The molecule has 1 aromatic carbocycles. The summed E-state index contributed by atoms with van der Waals surface area (Å²) < 4.78 is 13.7. The number of pyridine rings is 1. The zero-order valence-corrected chi connectivity index (χ0v) is 16.5. The van der Waals surface area contributed by atoms with Crippen molar-refractivity contribution in [3.63, 3.8) is 0 Å². The van der Waals surface area contributed by atoms with Crippen molar-refractivity contribution in [2.45, 2.75) is 18.8 Å². The number of hydrogen-bond acceptors (Lipinski definition) is 6. The summed E-state index contributed by atoms with van der Waals surface area (Å²) in [4.78, 5) is 27.1. The molecule has 0 spiro atoms. The molecule has 8 heteroatoms. The van der Waals surface area contributed by atoms with E-state index in [9.17, 15) is 9.18 Å². The van der Waals surface area contributed by atoms with Gasteiger partial charge in [0, 0.05) is 47.9 Å². The quantitative estimate of drug-likeness (QED) is 0.676. The van der Waals surface area contributed by atoms with Crippen molar-refractivity contribution >= 4 is 17.5 Å². The number of carbonyl (C=O) groups excluding carboxylic acids is 1. The van der Waals surface area contributed by atoms with Crippen molar-refractivity contribution < 1.29 is 9.18 Å². The molecule has 1 fully saturated rings. The van der Waals surface area contributed by atoms with E-state index in [2.05, 4.69) is 25.2 Å². The minimum absolute atomic E-state index is 0.208. The summed E-state index contributed by atoms with van der Waals surface area (Å²) in [5.41, 5.74) is 8.52. The van der Waals surface area contributed by atoms with Gasteiger partial charge in [0.2, 0.25) is 11.9 Å². The predicted octanol–water partition coefficient (Wildman–Crippen LogP) is 3.08. The Hall–Kier alpha value is -3.39. The fourth-order valence-electron chi connectivity index (χ4n) is 3.70. The van der Waals surface area contributed by atoms with Crippen LogP contribution in [0.15, 0.2) is 55.0 Å². The monoisotopic (exact) mass is 406 g/mol. The summed E-state index contributed by atoms with van der Waals surface area (Å²) in [6.45, 7) is 1.80. The maximum absolute atomic E-state index is 13.7. The van der Waals surface area contributed by atoms with Crippen LogP contribution in [-0.4, -0.2) is 45.4 Å². The summed E-state index contributed by atoms with van der Waals surface area (Å²) in [5.74, 6) is -0.160. The van der Waals surface area contributed by atoms with E-state index in [4.69, 9.17) is 5.73 Å². The molecule has 0 aliphatic carbocycles. The average Bonchev–Trinajstić information content (AvgIpc) is 2.76. The van der Waals surface area contributed by atoms with Gasteiger partial charge in [-0.1, -0.05) is 18.2 Å². The number of piperidine rings is 1. The van der Waals surface area contributed by atoms with Crippen molar-refractivity contribution in [1.29, 1.82) is 0 Å². The number of benzene rings is 1. The Kier molecular flexibility index (Phi) is 5.94. The molecule has 0 bridgehead atoms. The number of amides is 1. The van der Waals surface area contributed by atoms with Crippen LogP contribution in [0.1, 0.15) is 24.5 Å². The normalized spacial score (nSPS) is 16.9. The number of nitrogens with zero attached hydrogens (tertiary/aromatic N) is 4. The number of nitrogens with one attached hydrogen (secondary N) is 1. The third kappa shape index (κ3) is 4.77.